The maximum atomic E-state index is 12.9. The van der Waals surface area contributed by atoms with Crippen LogP contribution in [-0.2, 0) is 10.9 Å². The van der Waals surface area contributed by atoms with Crippen molar-refractivity contribution in [3.63, 3.8) is 0 Å². The maximum Gasteiger partial charge on any atom is 0.416 e. The number of rotatable bonds is 3. The molecule has 0 fully saturated rings. The summed E-state index contributed by atoms with van der Waals surface area (Å²) in [7, 11) is 0. The number of carbonyl (C=O) groups is 1. The molecule has 0 saturated heterocycles. The van der Waals surface area contributed by atoms with E-state index < -0.39 is 23.9 Å². The lowest BCUT2D eigenvalue weighted by atomic mass is 9.90. The SMILES string of the molecule is CCOC(=O)N[C@@H]1C[C@H](CC)Nc2ccc(C(F)(F)F)cc21. The van der Waals surface area contributed by atoms with Crippen LogP contribution in [0.3, 0.4) is 0 Å². The van der Waals surface area contributed by atoms with Gasteiger partial charge in [-0.05, 0) is 43.5 Å². The Balaban J connectivity index is 2.32. The molecule has 1 amide bonds. The van der Waals surface area contributed by atoms with E-state index in [1.807, 2.05) is 6.92 Å². The number of fused-ring (bicyclic) bond motifs is 1. The minimum Gasteiger partial charge on any atom is -0.450 e. The molecule has 0 spiro atoms. The number of halogens is 3. The summed E-state index contributed by atoms with van der Waals surface area (Å²) in [5.41, 5.74) is 0.333. The van der Waals surface area contributed by atoms with Gasteiger partial charge in [0.1, 0.15) is 0 Å². The Morgan fingerprint density at radius 3 is 2.73 bits per heavy atom. The third-order valence-corrected chi connectivity index (χ3v) is 3.69. The lowest BCUT2D eigenvalue weighted by molar-refractivity contribution is -0.137. The van der Waals surface area contributed by atoms with E-state index in [2.05, 4.69) is 10.6 Å². The molecule has 2 rings (SSSR count). The van der Waals surface area contributed by atoms with Crippen LogP contribution in [0.1, 0.15) is 43.9 Å². The van der Waals surface area contributed by atoms with E-state index in [1.165, 1.54) is 6.07 Å². The number of ether oxygens (including phenoxy) is 1. The van der Waals surface area contributed by atoms with Gasteiger partial charge < -0.3 is 15.4 Å². The summed E-state index contributed by atoms with van der Waals surface area (Å²) in [6.45, 7) is 3.87. The highest BCUT2D eigenvalue weighted by molar-refractivity contribution is 5.69. The molecule has 1 aliphatic rings. The minimum atomic E-state index is -4.41. The summed E-state index contributed by atoms with van der Waals surface area (Å²) in [5, 5.41) is 5.85. The highest BCUT2D eigenvalue weighted by Crippen LogP contribution is 2.38. The first-order chi connectivity index (χ1) is 10.3. The molecule has 2 atom stereocenters. The zero-order valence-electron chi connectivity index (χ0n) is 12.5. The number of benzene rings is 1. The van der Waals surface area contributed by atoms with Gasteiger partial charge in [-0.3, -0.25) is 0 Å². The fraction of sp³-hybridized carbons (Fsp3) is 0.533. The molecule has 7 heteroatoms. The largest absolute Gasteiger partial charge is 0.450 e. The number of anilines is 1. The number of alkyl carbamates (subject to hydrolysis) is 1. The van der Waals surface area contributed by atoms with Gasteiger partial charge >= 0.3 is 12.3 Å². The van der Waals surface area contributed by atoms with Crippen molar-refractivity contribution < 1.29 is 22.7 Å². The van der Waals surface area contributed by atoms with E-state index in [9.17, 15) is 18.0 Å². The molecule has 0 aromatic heterocycles. The van der Waals surface area contributed by atoms with Crippen LogP contribution < -0.4 is 10.6 Å². The molecule has 0 saturated carbocycles. The van der Waals surface area contributed by atoms with Crippen LogP contribution in [0.5, 0.6) is 0 Å². The molecule has 1 aliphatic heterocycles. The standard InChI is InChI=1S/C15H19F3N2O2/c1-3-10-8-13(20-14(21)22-4-2)11-7-9(15(16,17)18)5-6-12(11)19-10/h5-7,10,13,19H,3-4,8H2,1-2H3,(H,20,21)/t10-,13+/m0/s1. The fourth-order valence-corrected chi connectivity index (χ4v) is 2.57. The van der Waals surface area contributed by atoms with Crippen LogP contribution in [-0.4, -0.2) is 18.7 Å². The number of amides is 1. The molecule has 22 heavy (non-hydrogen) atoms. The number of hydrogen-bond donors (Lipinski definition) is 2. The second kappa shape index (κ2) is 6.46. The molecular formula is C15H19F3N2O2. The highest BCUT2D eigenvalue weighted by Gasteiger charge is 2.34. The molecular weight excluding hydrogens is 297 g/mol. The summed E-state index contributed by atoms with van der Waals surface area (Å²) >= 11 is 0. The Kier molecular flexibility index (Phi) is 4.83. The van der Waals surface area contributed by atoms with Crippen LogP contribution in [0.2, 0.25) is 0 Å². The van der Waals surface area contributed by atoms with E-state index in [0.29, 0.717) is 17.7 Å². The second-order valence-electron chi connectivity index (χ2n) is 5.20. The smallest absolute Gasteiger partial charge is 0.416 e. The van der Waals surface area contributed by atoms with Crippen molar-refractivity contribution >= 4 is 11.8 Å². The molecule has 1 aromatic carbocycles. The van der Waals surface area contributed by atoms with Crippen molar-refractivity contribution in [3.8, 4) is 0 Å². The Labute approximate surface area is 127 Å². The van der Waals surface area contributed by atoms with Gasteiger partial charge in [0.05, 0.1) is 18.2 Å². The summed E-state index contributed by atoms with van der Waals surface area (Å²) in [6, 6.07) is 3.15. The van der Waals surface area contributed by atoms with E-state index in [-0.39, 0.29) is 12.6 Å². The van der Waals surface area contributed by atoms with Gasteiger partial charge in [-0.2, -0.15) is 13.2 Å². The Morgan fingerprint density at radius 2 is 2.14 bits per heavy atom. The summed E-state index contributed by atoms with van der Waals surface area (Å²) in [5.74, 6) is 0. The number of hydrogen-bond acceptors (Lipinski definition) is 3. The minimum absolute atomic E-state index is 0.0937. The Hall–Kier alpha value is -1.92. The highest BCUT2D eigenvalue weighted by atomic mass is 19.4. The van der Waals surface area contributed by atoms with Crippen LogP contribution in [0.25, 0.3) is 0 Å². The third-order valence-electron chi connectivity index (χ3n) is 3.69. The average molecular weight is 316 g/mol. The first-order valence-corrected chi connectivity index (χ1v) is 7.26. The molecule has 0 bridgehead atoms. The molecule has 0 radical (unpaired) electrons. The third kappa shape index (κ3) is 3.64. The zero-order chi connectivity index (χ0) is 16.3. The zero-order valence-corrected chi connectivity index (χ0v) is 12.5. The van der Waals surface area contributed by atoms with Crippen LogP contribution in [0, 0.1) is 0 Å². The molecule has 1 aromatic rings. The van der Waals surface area contributed by atoms with Gasteiger partial charge in [0.15, 0.2) is 0 Å². The number of alkyl halides is 3. The molecule has 0 unspecified atom stereocenters. The topological polar surface area (TPSA) is 50.4 Å². The van der Waals surface area contributed by atoms with Crippen LogP contribution in [0.15, 0.2) is 18.2 Å². The Morgan fingerprint density at radius 1 is 1.41 bits per heavy atom. The predicted molar refractivity (Wildman–Crippen MR) is 76.7 cm³/mol. The van der Waals surface area contributed by atoms with Gasteiger partial charge in [0.25, 0.3) is 0 Å². The molecule has 2 N–H and O–H groups in total. The van der Waals surface area contributed by atoms with Gasteiger partial charge in [-0.25, -0.2) is 4.79 Å². The predicted octanol–water partition coefficient (Wildman–Crippen LogP) is 4.09. The molecule has 0 aliphatic carbocycles. The fourth-order valence-electron chi connectivity index (χ4n) is 2.57. The first-order valence-electron chi connectivity index (χ1n) is 7.26. The number of nitrogens with one attached hydrogen (secondary N) is 2. The maximum absolute atomic E-state index is 12.9. The average Bonchev–Trinajstić information content (AvgIpc) is 2.45. The van der Waals surface area contributed by atoms with Crippen molar-refractivity contribution in [2.45, 2.75) is 44.9 Å². The van der Waals surface area contributed by atoms with E-state index >= 15 is 0 Å². The quantitative estimate of drug-likeness (QED) is 0.883. The van der Waals surface area contributed by atoms with Crippen LogP contribution >= 0.6 is 0 Å². The van der Waals surface area contributed by atoms with E-state index in [0.717, 1.165) is 18.6 Å². The number of carbonyl (C=O) groups excluding carboxylic acids is 1. The summed E-state index contributed by atoms with van der Waals surface area (Å²) in [4.78, 5) is 11.6. The van der Waals surface area contributed by atoms with Crippen LogP contribution in [0.4, 0.5) is 23.7 Å². The molecule has 122 valence electrons. The lowest BCUT2D eigenvalue weighted by Crippen LogP contribution is -2.37. The van der Waals surface area contributed by atoms with Crippen molar-refractivity contribution in [2.24, 2.45) is 0 Å². The van der Waals surface area contributed by atoms with Crippen molar-refractivity contribution in [1.29, 1.82) is 0 Å². The van der Waals surface area contributed by atoms with Crippen molar-refractivity contribution in [2.75, 3.05) is 11.9 Å². The molecule has 4 nitrogen and oxygen atoms in total. The lowest BCUT2D eigenvalue weighted by Gasteiger charge is -2.33. The van der Waals surface area contributed by atoms with Gasteiger partial charge in [0.2, 0.25) is 0 Å². The van der Waals surface area contributed by atoms with E-state index in [4.69, 9.17) is 4.74 Å². The van der Waals surface area contributed by atoms with Crippen molar-refractivity contribution in [1.82, 2.24) is 5.32 Å². The van der Waals surface area contributed by atoms with E-state index in [1.54, 1.807) is 6.92 Å². The Bertz CT molecular complexity index is 546. The van der Waals surface area contributed by atoms with Gasteiger partial charge in [-0.15, -0.1) is 0 Å². The summed E-state index contributed by atoms with van der Waals surface area (Å²) < 4.78 is 43.5. The normalized spacial score (nSPS) is 20.8. The van der Waals surface area contributed by atoms with Gasteiger partial charge in [0, 0.05) is 11.7 Å². The van der Waals surface area contributed by atoms with Gasteiger partial charge in [-0.1, -0.05) is 6.92 Å². The second-order valence-corrected chi connectivity index (χ2v) is 5.20. The monoisotopic (exact) mass is 316 g/mol. The first kappa shape index (κ1) is 16.5. The summed E-state index contributed by atoms with van der Waals surface area (Å²) in [6.07, 6.45) is -3.71. The molecule has 1 heterocycles. The van der Waals surface area contributed by atoms with Crippen molar-refractivity contribution in [3.05, 3.63) is 29.3 Å².